The van der Waals surface area contributed by atoms with Gasteiger partial charge in [-0.1, -0.05) is 48.2 Å². The van der Waals surface area contributed by atoms with Gasteiger partial charge in [0.25, 0.3) is 5.91 Å². The smallest absolute Gasteiger partial charge is 0.266 e. The quantitative estimate of drug-likeness (QED) is 0.481. The second-order valence-electron chi connectivity index (χ2n) is 6.49. The minimum absolute atomic E-state index is 0.124. The molecule has 1 saturated heterocycles. The molecule has 2 amide bonds. The number of carbonyl (C=O) groups excluding carboxylic acids is 2. The van der Waals surface area contributed by atoms with Crippen molar-refractivity contribution >= 4 is 51.9 Å². The van der Waals surface area contributed by atoms with E-state index in [1.165, 1.54) is 16.9 Å². The van der Waals surface area contributed by atoms with E-state index in [4.69, 9.17) is 21.7 Å². The van der Waals surface area contributed by atoms with E-state index in [9.17, 15) is 14.7 Å². The minimum Gasteiger partial charge on any atom is -0.493 e. The highest BCUT2D eigenvalue weighted by molar-refractivity contribution is 8.26. The van der Waals surface area contributed by atoms with Gasteiger partial charge in [-0.15, -0.1) is 0 Å². The maximum absolute atomic E-state index is 12.9. The molecule has 0 bridgehead atoms. The average Bonchev–Trinajstić information content (AvgIpc) is 3.05. The van der Waals surface area contributed by atoms with Gasteiger partial charge in [0, 0.05) is 12.2 Å². The summed E-state index contributed by atoms with van der Waals surface area (Å²) in [6, 6.07) is 14.3. The predicted octanol–water partition coefficient (Wildman–Crippen LogP) is 2.93. The fourth-order valence-electron chi connectivity index (χ4n) is 3.06. The van der Waals surface area contributed by atoms with Crippen LogP contribution in [-0.2, 0) is 9.59 Å². The Morgan fingerprint density at radius 2 is 1.87 bits per heavy atom. The summed E-state index contributed by atoms with van der Waals surface area (Å²) < 4.78 is 10.8. The summed E-state index contributed by atoms with van der Waals surface area (Å²) in [6.07, 6.45) is 1.70. The number of anilines is 1. The van der Waals surface area contributed by atoms with Crippen LogP contribution in [0.2, 0.25) is 0 Å². The van der Waals surface area contributed by atoms with Gasteiger partial charge in [-0.3, -0.25) is 14.5 Å². The molecule has 9 heteroatoms. The van der Waals surface area contributed by atoms with Crippen molar-refractivity contribution < 1.29 is 24.2 Å². The van der Waals surface area contributed by atoms with Gasteiger partial charge in [0.2, 0.25) is 5.91 Å². The molecule has 0 radical (unpaired) electrons. The first kappa shape index (κ1) is 22.8. The van der Waals surface area contributed by atoms with Crippen molar-refractivity contribution in [3.63, 3.8) is 0 Å². The molecule has 0 saturated carbocycles. The van der Waals surface area contributed by atoms with E-state index in [0.29, 0.717) is 26.4 Å². The van der Waals surface area contributed by atoms with Gasteiger partial charge in [0.05, 0.1) is 25.7 Å². The number of aliphatic hydroxyl groups is 1. The molecule has 1 fully saturated rings. The fourth-order valence-corrected chi connectivity index (χ4v) is 4.31. The summed E-state index contributed by atoms with van der Waals surface area (Å²) in [5.41, 5.74) is 1.39. The first-order valence-corrected chi connectivity index (χ1v) is 10.6. The molecule has 1 heterocycles. The Morgan fingerprint density at radius 3 is 2.52 bits per heavy atom. The lowest BCUT2D eigenvalue weighted by molar-refractivity contribution is -0.127. The van der Waals surface area contributed by atoms with E-state index in [-0.39, 0.29) is 31.5 Å². The molecule has 31 heavy (non-hydrogen) atoms. The number of amides is 2. The number of thioether (sulfide) groups is 1. The highest BCUT2D eigenvalue weighted by Gasteiger charge is 2.34. The van der Waals surface area contributed by atoms with Crippen LogP contribution in [0.5, 0.6) is 11.5 Å². The van der Waals surface area contributed by atoms with Gasteiger partial charge >= 0.3 is 0 Å². The van der Waals surface area contributed by atoms with E-state index in [2.05, 4.69) is 0 Å². The number of para-hydroxylation sites is 1. The SMILES string of the molecule is COc1ccc(/C=C2/SC(=S)N(CC(=O)N(CCO)c3ccccc3)C2=O)cc1OC. The Hall–Kier alpha value is -2.88. The average molecular weight is 459 g/mol. The number of nitrogens with zero attached hydrogens (tertiary/aromatic N) is 2. The molecule has 0 unspecified atom stereocenters. The Bertz CT molecular complexity index is 1010. The Labute approximate surface area is 190 Å². The van der Waals surface area contributed by atoms with Gasteiger partial charge in [0.15, 0.2) is 11.5 Å². The third kappa shape index (κ3) is 5.25. The van der Waals surface area contributed by atoms with Crippen LogP contribution in [0.3, 0.4) is 0 Å². The van der Waals surface area contributed by atoms with Crippen LogP contribution in [0.15, 0.2) is 53.4 Å². The van der Waals surface area contributed by atoms with Crippen molar-refractivity contribution in [3.8, 4) is 11.5 Å². The fraction of sp³-hybridized carbons (Fsp3) is 0.227. The molecule has 0 aliphatic carbocycles. The Balaban J connectivity index is 1.78. The minimum atomic E-state index is -0.338. The van der Waals surface area contributed by atoms with Gasteiger partial charge in [-0.2, -0.15) is 0 Å². The molecule has 0 atom stereocenters. The summed E-state index contributed by atoms with van der Waals surface area (Å²) in [4.78, 5) is 29.0. The van der Waals surface area contributed by atoms with Crippen LogP contribution >= 0.6 is 24.0 Å². The third-order valence-electron chi connectivity index (χ3n) is 4.56. The number of aliphatic hydroxyl groups excluding tert-OH is 1. The van der Waals surface area contributed by atoms with Crippen molar-refractivity contribution in [1.29, 1.82) is 0 Å². The van der Waals surface area contributed by atoms with Crippen molar-refractivity contribution in [2.75, 3.05) is 38.8 Å². The van der Waals surface area contributed by atoms with Crippen LogP contribution in [0.25, 0.3) is 6.08 Å². The monoisotopic (exact) mass is 458 g/mol. The van der Waals surface area contributed by atoms with Gasteiger partial charge in [0.1, 0.15) is 10.9 Å². The summed E-state index contributed by atoms with van der Waals surface area (Å²) in [6.45, 7) is -0.278. The second kappa shape index (κ2) is 10.4. The standard InChI is InChI=1S/C22H22N2O5S2/c1-28-17-9-8-15(12-18(17)29-2)13-19-21(27)24(22(30)31-19)14-20(26)23(10-11-25)16-6-4-3-5-7-16/h3-9,12-13,25H,10-11,14H2,1-2H3/b19-13+. The molecular formula is C22H22N2O5S2. The third-order valence-corrected chi connectivity index (χ3v) is 5.94. The summed E-state index contributed by atoms with van der Waals surface area (Å²) >= 11 is 6.49. The molecule has 1 aliphatic rings. The molecule has 3 rings (SSSR count). The molecule has 7 nitrogen and oxygen atoms in total. The lowest BCUT2D eigenvalue weighted by Gasteiger charge is -2.24. The zero-order valence-corrected chi connectivity index (χ0v) is 18.7. The molecular weight excluding hydrogens is 436 g/mol. The number of hydrogen-bond donors (Lipinski definition) is 1. The molecule has 0 spiro atoms. The van der Waals surface area contributed by atoms with Crippen molar-refractivity contribution in [2.45, 2.75) is 0 Å². The number of rotatable bonds is 8. The number of carbonyl (C=O) groups is 2. The van der Waals surface area contributed by atoms with Gasteiger partial charge in [-0.25, -0.2) is 0 Å². The molecule has 162 valence electrons. The zero-order chi connectivity index (χ0) is 22.4. The molecule has 0 aromatic heterocycles. The van der Waals surface area contributed by atoms with E-state index >= 15 is 0 Å². The van der Waals surface area contributed by atoms with Gasteiger partial charge < -0.3 is 19.5 Å². The number of hydrogen-bond acceptors (Lipinski definition) is 7. The predicted molar refractivity (Wildman–Crippen MR) is 125 cm³/mol. The first-order valence-electron chi connectivity index (χ1n) is 9.42. The van der Waals surface area contributed by atoms with E-state index < -0.39 is 0 Å². The van der Waals surface area contributed by atoms with E-state index in [1.54, 1.807) is 55.7 Å². The highest BCUT2D eigenvalue weighted by Crippen LogP contribution is 2.34. The van der Waals surface area contributed by atoms with Crippen LogP contribution in [0.4, 0.5) is 5.69 Å². The normalized spacial score (nSPS) is 14.8. The molecule has 1 N–H and O–H groups in total. The molecule has 2 aromatic rings. The van der Waals surface area contributed by atoms with Crippen LogP contribution in [0, 0.1) is 0 Å². The van der Waals surface area contributed by atoms with Crippen molar-refractivity contribution in [1.82, 2.24) is 4.90 Å². The van der Waals surface area contributed by atoms with Crippen LogP contribution in [0.1, 0.15) is 5.56 Å². The number of ether oxygens (including phenoxy) is 2. The topological polar surface area (TPSA) is 79.3 Å². The Kier molecular flexibility index (Phi) is 7.67. The number of methoxy groups -OCH3 is 2. The first-order chi connectivity index (χ1) is 15.0. The Morgan fingerprint density at radius 1 is 1.16 bits per heavy atom. The summed E-state index contributed by atoms with van der Waals surface area (Å²) in [7, 11) is 3.09. The van der Waals surface area contributed by atoms with E-state index in [0.717, 1.165) is 17.3 Å². The maximum atomic E-state index is 12.9. The van der Waals surface area contributed by atoms with Crippen LogP contribution < -0.4 is 14.4 Å². The van der Waals surface area contributed by atoms with Crippen molar-refractivity contribution in [3.05, 3.63) is 59.0 Å². The zero-order valence-electron chi connectivity index (χ0n) is 17.1. The second-order valence-corrected chi connectivity index (χ2v) is 8.16. The number of benzene rings is 2. The maximum Gasteiger partial charge on any atom is 0.266 e. The highest BCUT2D eigenvalue weighted by atomic mass is 32.2. The largest absolute Gasteiger partial charge is 0.493 e. The lowest BCUT2D eigenvalue weighted by Crippen LogP contribution is -2.43. The summed E-state index contributed by atoms with van der Waals surface area (Å²) in [5, 5.41) is 9.37. The number of thiocarbonyl (C=S) groups is 1. The molecule has 1 aliphatic heterocycles. The molecule has 2 aromatic carbocycles. The van der Waals surface area contributed by atoms with E-state index in [1.807, 2.05) is 6.07 Å². The van der Waals surface area contributed by atoms with Crippen molar-refractivity contribution in [2.24, 2.45) is 0 Å². The van der Waals surface area contributed by atoms with Crippen LogP contribution in [-0.4, -0.2) is 60.1 Å². The van der Waals surface area contributed by atoms with Gasteiger partial charge in [-0.05, 0) is 35.9 Å². The lowest BCUT2D eigenvalue weighted by atomic mass is 10.2. The summed E-state index contributed by atoms with van der Waals surface area (Å²) in [5.74, 6) is 0.464.